The van der Waals surface area contributed by atoms with E-state index in [1.807, 2.05) is 36.4 Å². The van der Waals surface area contributed by atoms with Crippen molar-refractivity contribution in [3.05, 3.63) is 70.8 Å². The average molecular weight is 310 g/mol. The average Bonchev–Trinajstić information content (AvgIpc) is 3.03. The van der Waals surface area contributed by atoms with Crippen LogP contribution in [0.4, 0.5) is 4.79 Å². The highest BCUT2D eigenvalue weighted by Crippen LogP contribution is 2.53. The summed E-state index contributed by atoms with van der Waals surface area (Å²) in [5, 5.41) is 21.0. The van der Waals surface area contributed by atoms with E-state index < -0.39 is 30.9 Å². The normalized spacial score (nSPS) is 30.8. The lowest BCUT2D eigenvalue weighted by atomic mass is 10.1. The number of aliphatic hydroxyl groups is 2. The van der Waals surface area contributed by atoms with Crippen LogP contribution in [0.5, 0.6) is 0 Å². The molecule has 2 aromatic carbocycles. The summed E-state index contributed by atoms with van der Waals surface area (Å²) < 4.78 is 6.11. The molecule has 116 valence electrons. The summed E-state index contributed by atoms with van der Waals surface area (Å²) in [6.45, 7) is 0. The van der Waals surface area contributed by atoms with Crippen LogP contribution in [-0.2, 0) is 4.74 Å². The Morgan fingerprint density at radius 2 is 1.13 bits per heavy atom. The standard InChI is InChI=1S/C17H14N2O4/c20-13-9-5-1-3-7-11(9)15-18(13)17(22)19-14(21)10-6-2-4-8-12(10)16(19)23-15/h1-8,13-16,20-21H. The number of nitrogens with zero attached hydrogens (tertiary/aromatic N) is 2. The zero-order valence-corrected chi connectivity index (χ0v) is 12.0. The predicted molar refractivity (Wildman–Crippen MR) is 78.4 cm³/mol. The number of ether oxygens (including phenoxy) is 1. The number of hydrogen-bond donors (Lipinski definition) is 2. The van der Waals surface area contributed by atoms with Crippen LogP contribution in [0.15, 0.2) is 48.5 Å². The molecule has 0 aliphatic carbocycles. The van der Waals surface area contributed by atoms with Crippen LogP contribution in [0.1, 0.15) is 47.2 Å². The lowest BCUT2D eigenvalue weighted by molar-refractivity contribution is -0.215. The van der Waals surface area contributed by atoms with E-state index in [1.54, 1.807) is 12.1 Å². The van der Waals surface area contributed by atoms with E-state index in [-0.39, 0.29) is 0 Å². The molecule has 5 rings (SSSR count). The molecular formula is C17H14N2O4. The molecule has 2 N–H and O–H groups in total. The van der Waals surface area contributed by atoms with Gasteiger partial charge in [-0.1, -0.05) is 48.5 Å². The quantitative estimate of drug-likeness (QED) is 0.782. The van der Waals surface area contributed by atoms with Crippen LogP contribution < -0.4 is 0 Å². The maximum atomic E-state index is 12.9. The van der Waals surface area contributed by atoms with Crippen molar-refractivity contribution < 1.29 is 19.7 Å². The number of rotatable bonds is 0. The molecule has 6 heteroatoms. The van der Waals surface area contributed by atoms with Gasteiger partial charge in [-0.2, -0.15) is 0 Å². The van der Waals surface area contributed by atoms with Crippen LogP contribution in [0, 0.1) is 0 Å². The van der Waals surface area contributed by atoms with Crippen LogP contribution in [0.2, 0.25) is 0 Å². The summed E-state index contributed by atoms with van der Waals surface area (Å²) >= 11 is 0. The van der Waals surface area contributed by atoms with Crippen molar-refractivity contribution in [3.63, 3.8) is 0 Å². The minimum Gasteiger partial charge on any atom is -0.369 e. The SMILES string of the molecule is O=C1N2C(O)c3ccccc3C2OC2c3ccccc3C(O)N12. The first-order valence-electron chi connectivity index (χ1n) is 7.48. The first-order valence-corrected chi connectivity index (χ1v) is 7.48. The van der Waals surface area contributed by atoms with Crippen molar-refractivity contribution in [1.82, 2.24) is 9.80 Å². The molecule has 3 aliphatic heterocycles. The summed E-state index contributed by atoms with van der Waals surface area (Å²) in [5.41, 5.74) is 2.89. The highest BCUT2D eigenvalue weighted by molar-refractivity contribution is 5.79. The van der Waals surface area contributed by atoms with E-state index in [1.165, 1.54) is 9.80 Å². The molecule has 2 aromatic rings. The van der Waals surface area contributed by atoms with Crippen LogP contribution in [0.25, 0.3) is 0 Å². The van der Waals surface area contributed by atoms with Gasteiger partial charge in [0, 0.05) is 22.3 Å². The molecule has 0 bridgehead atoms. The second kappa shape index (κ2) is 4.32. The zero-order valence-electron chi connectivity index (χ0n) is 12.0. The number of urea groups is 1. The first kappa shape index (κ1) is 13.1. The topological polar surface area (TPSA) is 73.2 Å². The molecule has 0 radical (unpaired) electrons. The van der Waals surface area contributed by atoms with Crippen LogP contribution in [-0.4, -0.2) is 26.0 Å². The molecule has 1 saturated heterocycles. The number of amides is 2. The summed E-state index contributed by atoms with van der Waals surface area (Å²) in [6.07, 6.45) is -3.43. The molecule has 3 heterocycles. The molecule has 3 aliphatic rings. The molecule has 4 atom stereocenters. The van der Waals surface area contributed by atoms with Gasteiger partial charge in [0.2, 0.25) is 0 Å². The van der Waals surface area contributed by atoms with Gasteiger partial charge in [-0.25, -0.2) is 4.79 Å². The molecule has 0 spiro atoms. The van der Waals surface area contributed by atoms with Crippen molar-refractivity contribution >= 4 is 6.03 Å². The predicted octanol–water partition coefficient (Wildman–Crippen LogP) is 2.15. The largest absolute Gasteiger partial charge is 0.369 e. The Bertz CT molecular complexity index is 758. The van der Waals surface area contributed by atoms with E-state index in [4.69, 9.17) is 4.74 Å². The van der Waals surface area contributed by atoms with Gasteiger partial charge >= 0.3 is 6.03 Å². The molecule has 4 unspecified atom stereocenters. The Morgan fingerprint density at radius 1 is 0.739 bits per heavy atom. The van der Waals surface area contributed by atoms with Gasteiger partial charge in [0.25, 0.3) is 0 Å². The van der Waals surface area contributed by atoms with E-state index in [2.05, 4.69) is 0 Å². The van der Waals surface area contributed by atoms with Gasteiger partial charge in [-0.15, -0.1) is 0 Å². The Kier molecular flexibility index (Phi) is 2.45. The summed E-state index contributed by atoms with van der Waals surface area (Å²) in [4.78, 5) is 15.4. The van der Waals surface area contributed by atoms with E-state index >= 15 is 0 Å². The zero-order chi connectivity index (χ0) is 15.7. The van der Waals surface area contributed by atoms with Gasteiger partial charge in [-0.05, 0) is 0 Å². The Morgan fingerprint density at radius 3 is 1.57 bits per heavy atom. The van der Waals surface area contributed by atoms with E-state index in [0.29, 0.717) is 11.1 Å². The Balaban J connectivity index is 1.65. The number of carbonyl (C=O) groups is 1. The van der Waals surface area contributed by atoms with E-state index in [9.17, 15) is 15.0 Å². The molecule has 0 saturated carbocycles. The minimum atomic E-state index is -1.07. The summed E-state index contributed by atoms with van der Waals surface area (Å²) in [6, 6.07) is 14.2. The van der Waals surface area contributed by atoms with Crippen molar-refractivity contribution in [3.8, 4) is 0 Å². The number of aliphatic hydroxyl groups excluding tert-OH is 2. The number of fused-ring (bicyclic) bond motifs is 6. The second-order valence-corrected chi connectivity index (χ2v) is 5.94. The third-order valence-corrected chi connectivity index (χ3v) is 4.81. The van der Waals surface area contributed by atoms with Gasteiger partial charge < -0.3 is 14.9 Å². The summed E-state index contributed by atoms with van der Waals surface area (Å²) in [5.74, 6) is 0. The third-order valence-electron chi connectivity index (χ3n) is 4.81. The molecule has 1 fully saturated rings. The number of benzene rings is 2. The fourth-order valence-electron chi connectivity index (χ4n) is 3.74. The van der Waals surface area contributed by atoms with Crippen LogP contribution >= 0.6 is 0 Å². The highest BCUT2D eigenvalue weighted by atomic mass is 16.6. The van der Waals surface area contributed by atoms with Gasteiger partial charge in [0.05, 0.1) is 0 Å². The number of hydrogen-bond acceptors (Lipinski definition) is 4. The van der Waals surface area contributed by atoms with Crippen molar-refractivity contribution in [2.24, 2.45) is 0 Å². The highest BCUT2D eigenvalue weighted by Gasteiger charge is 2.54. The Labute approximate surface area is 132 Å². The van der Waals surface area contributed by atoms with Crippen molar-refractivity contribution in [1.29, 1.82) is 0 Å². The summed E-state index contributed by atoms with van der Waals surface area (Å²) in [7, 11) is 0. The van der Waals surface area contributed by atoms with E-state index in [0.717, 1.165) is 11.1 Å². The smallest absolute Gasteiger partial charge is 0.329 e. The fourth-order valence-corrected chi connectivity index (χ4v) is 3.74. The van der Waals surface area contributed by atoms with Crippen LogP contribution in [0.3, 0.4) is 0 Å². The second-order valence-electron chi connectivity index (χ2n) is 5.94. The Hall–Kier alpha value is -2.41. The third kappa shape index (κ3) is 1.50. The van der Waals surface area contributed by atoms with Crippen molar-refractivity contribution in [2.45, 2.75) is 24.9 Å². The maximum absolute atomic E-state index is 12.9. The molecular weight excluding hydrogens is 296 g/mol. The molecule has 0 aromatic heterocycles. The fraction of sp³-hybridized carbons (Fsp3) is 0.235. The minimum absolute atomic E-state index is 0.432. The number of carbonyl (C=O) groups excluding carboxylic acids is 1. The first-order chi connectivity index (χ1) is 11.2. The molecule has 23 heavy (non-hydrogen) atoms. The molecule has 2 amide bonds. The lowest BCUT2D eigenvalue weighted by Gasteiger charge is -2.42. The molecule has 6 nitrogen and oxygen atoms in total. The van der Waals surface area contributed by atoms with Gasteiger partial charge in [0.1, 0.15) is 0 Å². The monoisotopic (exact) mass is 310 g/mol. The van der Waals surface area contributed by atoms with Crippen molar-refractivity contribution in [2.75, 3.05) is 0 Å². The van der Waals surface area contributed by atoms with Gasteiger partial charge in [0.15, 0.2) is 24.9 Å². The van der Waals surface area contributed by atoms with Gasteiger partial charge in [-0.3, -0.25) is 9.80 Å². The maximum Gasteiger partial charge on any atom is 0.329 e. The lowest BCUT2D eigenvalue weighted by Crippen LogP contribution is -2.50.